The fourth-order valence-electron chi connectivity index (χ4n) is 2.78. The summed E-state index contributed by atoms with van der Waals surface area (Å²) in [6.45, 7) is 4.12. The number of nitrogens with one attached hydrogen (secondary N) is 1. The summed E-state index contributed by atoms with van der Waals surface area (Å²) in [4.78, 5) is 24.2. The number of nitrogens with zero attached hydrogens (tertiary/aromatic N) is 1. The van der Waals surface area contributed by atoms with Crippen LogP contribution in [0.1, 0.15) is 21.5 Å². The quantitative estimate of drug-likeness (QED) is 0.739. The van der Waals surface area contributed by atoms with Crippen molar-refractivity contribution in [2.75, 3.05) is 12.4 Å². The van der Waals surface area contributed by atoms with Crippen molar-refractivity contribution < 1.29 is 14.3 Å². The lowest BCUT2D eigenvalue weighted by atomic mass is 10.1. The lowest BCUT2D eigenvalue weighted by Gasteiger charge is -2.11. The van der Waals surface area contributed by atoms with Gasteiger partial charge in [0.25, 0.3) is 0 Å². The maximum absolute atomic E-state index is 12.4. The van der Waals surface area contributed by atoms with Crippen molar-refractivity contribution in [3.63, 3.8) is 0 Å². The molecule has 0 aliphatic carbocycles. The van der Waals surface area contributed by atoms with E-state index in [2.05, 4.69) is 5.32 Å². The van der Waals surface area contributed by atoms with Crippen LogP contribution in [0.4, 0.5) is 5.69 Å². The van der Waals surface area contributed by atoms with Crippen molar-refractivity contribution in [3.8, 4) is 0 Å². The molecule has 0 fully saturated rings. The zero-order valence-electron chi connectivity index (χ0n) is 14.5. The van der Waals surface area contributed by atoms with Gasteiger partial charge in [-0.05, 0) is 54.6 Å². The Morgan fingerprint density at radius 2 is 1.88 bits per heavy atom. The number of aryl methyl sites for hydroxylation is 2. The highest BCUT2D eigenvalue weighted by Crippen LogP contribution is 2.20. The summed E-state index contributed by atoms with van der Waals surface area (Å²) in [6.07, 6.45) is 1.84. The molecule has 5 nitrogen and oxygen atoms in total. The van der Waals surface area contributed by atoms with Crippen molar-refractivity contribution in [1.29, 1.82) is 0 Å². The number of anilines is 1. The number of aromatic nitrogens is 1. The molecule has 1 aromatic heterocycles. The molecule has 1 N–H and O–H groups in total. The third-order valence-electron chi connectivity index (χ3n) is 4.18. The SMILES string of the molecule is COC(=O)c1ccc2ccn(CC(=O)Nc3cc(C)ccc3C)c2c1. The van der Waals surface area contributed by atoms with Crippen LogP contribution in [0.25, 0.3) is 10.9 Å². The number of ether oxygens (including phenoxy) is 1. The van der Waals surface area contributed by atoms with Gasteiger partial charge in [-0.25, -0.2) is 4.79 Å². The number of carbonyl (C=O) groups is 2. The second-order valence-electron chi connectivity index (χ2n) is 6.08. The molecule has 0 saturated heterocycles. The number of hydrogen-bond donors (Lipinski definition) is 1. The fraction of sp³-hybridized carbons (Fsp3) is 0.200. The minimum absolute atomic E-state index is 0.116. The number of methoxy groups -OCH3 is 1. The van der Waals surface area contributed by atoms with Gasteiger partial charge in [-0.2, -0.15) is 0 Å². The lowest BCUT2D eigenvalue weighted by molar-refractivity contribution is -0.116. The van der Waals surface area contributed by atoms with Crippen molar-refractivity contribution >= 4 is 28.5 Å². The van der Waals surface area contributed by atoms with E-state index in [1.54, 1.807) is 12.1 Å². The minimum Gasteiger partial charge on any atom is -0.465 e. The number of esters is 1. The molecule has 3 rings (SSSR count). The van der Waals surface area contributed by atoms with E-state index in [1.165, 1.54) is 7.11 Å². The number of rotatable bonds is 4. The van der Waals surface area contributed by atoms with E-state index in [4.69, 9.17) is 4.74 Å². The van der Waals surface area contributed by atoms with Gasteiger partial charge in [0, 0.05) is 17.4 Å². The predicted octanol–water partition coefficient (Wildman–Crippen LogP) is 3.68. The van der Waals surface area contributed by atoms with Crippen LogP contribution in [-0.4, -0.2) is 23.6 Å². The summed E-state index contributed by atoms with van der Waals surface area (Å²) in [6, 6.07) is 13.2. The zero-order chi connectivity index (χ0) is 18.0. The largest absolute Gasteiger partial charge is 0.465 e. The van der Waals surface area contributed by atoms with Gasteiger partial charge in [-0.1, -0.05) is 18.2 Å². The molecular formula is C20H20N2O3. The van der Waals surface area contributed by atoms with Crippen LogP contribution in [0.5, 0.6) is 0 Å². The number of amides is 1. The molecule has 0 radical (unpaired) electrons. The van der Waals surface area contributed by atoms with Crippen LogP contribution < -0.4 is 5.32 Å². The van der Waals surface area contributed by atoms with Gasteiger partial charge >= 0.3 is 5.97 Å². The molecule has 1 amide bonds. The van der Waals surface area contributed by atoms with E-state index in [1.807, 2.05) is 54.9 Å². The van der Waals surface area contributed by atoms with Crippen molar-refractivity contribution in [2.45, 2.75) is 20.4 Å². The molecule has 0 bridgehead atoms. The minimum atomic E-state index is -0.394. The molecule has 2 aromatic carbocycles. The zero-order valence-corrected chi connectivity index (χ0v) is 14.5. The Kier molecular flexibility index (Phi) is 4.57. The summed E-state index contributed by atoms with van der Waals surface area (Å²) in [5.74, 6) is -0.510. The van der Waals surface area contributed by atoms with Gasteiger partial charge in [0.1, 0.15) is 6.54 Å². The monoisotopic (exact) mass is 336 g/mol. The number of benzene rings is 2. The van der Waals surface area contributed by atoms with E-state index >= 15 is 0 Å². The molecule has 0 spiro atoms. The first-order valence-corrected chi connectivity index (χ1v) is 8.02. The first-order chi connectivity index (χ1) is 12.0. The van der Waals surface area contributed by atoms with E-state index in [-0.39, 0.29) is 12.5 Å². The first-order valence-electron chi connectivity index (χ1n) is 8.02. The summed E-state index contributed by atoms with van der Waals surface area (Å²) in [5, 5.41) is 3.92. The molecule has 5 heteroatoms. The highest BCUT2D eigenvalue weighted by molar-refractivity contribution is 5.96. The van der Waals surface area contributed by atoms with Gasteiger partial charge in [-0.15, -0.1) is 0 Å². The summed E-state index contributed by atoms with van der Waals surface area (Å²) < 4.78 is 6.58. The van der Waals surface area contributed by atoms with Crippen LogP contribution in [-0.2, 0) is 16.1 Å². The van der Waals surface area contributed by atoms with Crippen LogP contribution in [0, 0.1) is 13.8 Å². The second kappa shape index (κ2) is 6.81. The molecule has 0 aliphatic heterocycles. The van der Waals surface area contributed by atoms with Crippen molar-refractivity contribution in [2.24, 2.45) is 0 Å². The Morgan fingerprint density at radius 3 is 2.64 bits per heavy atom. The average Bonchev–Trinajstić information content (AvgIpc) is 2.99. The van der Waals surface area contributed by atoms with E-state index in [9.17, 15) is 9.59 Å². The van der Waals surface area contributed by atoms with E-state index in [0.717, 1.165) is 27.7 Å². The fourth-order valence-corrected chi connectivity index (χ4v) is 2.78. The molecule has 1 heterocycles. The molecule has 0 aliphatic rings. The van der Waals surface area contributed by atoms with Crippen LogP contribution in [0.15, 0.2) is 48.7 Å². The standard InChI is InChI=1S/C20H20N2O3/c1-13-4-5-14(2)17(10-13)21-19(23)12-22-9-8-15-6-7-16(11-18(15)22)20(24)25-3/h4-11H,12H2,1-3H3,(H,21,23). The van der Waals surface area contributed by atoms with Gasteiger partial charge < -0.3 is 14.6 Å². The maximum atomic E-state index is 12.4. The van der Waals surface area contributed by atoms with Crippen molar-refractivity contribution in [1.82, 2.24) is 4.57 Å². The normalized spacial score (nSPS) is 10.7. The highest BCUT2D eigenvalue weighted by atomic mass is 16.5. The highest BCUT2D eigenvalue weighted by Gasteiger charge is 2.11. The van der Waals surface area contributed by atoms with Gasteiger partial charge in [0.05, 0.1) is 12.7 Å². The molecule has 128 valence electrons. The van der Waals surface area contributed by atoms with Crippen LogP contribution in [0.2, 0.25) is 0 Å². The Hall–Kier alpha value is -3.08. The lowest BCUT2D eigenvalue weighted by Crippen LogP contribution is -2.19. The number of hydrogen-bond acceptors (Lipinski definition) is 3. The molecule has 0 saturated carbocycles. The second-order valence-corrected chi connectivity index (χ2v) is 6.08. The smallest absolute Gasteiger partial charge is 0.337 e. The first kappa shape index (κ1) is 16.8. The summed E-state index contributed by atoms with van der Waals surface area (Å²) in [7, 11) is 1.35. The topological polar surface area (TPSA) is 60.3 Å². The third-order valence-corrected chi connectivity index (χ3v) is 4.18. The van der Waals surface area contributed by atoms with Gasteiger partial charge in [0.2, 0.25) is 5.91 Å². The molecule has 0 unspecified atom stereocenters. The third kappa shape index (κ3) is 3.55. The van der Waals surface area contributed by atoms with Gasteiger partial charge in [-0.3, -0.25) is 4.79 Å². The molecule has 25 heavy (non-hydrogen) atoms. The Labute approximate surface area is 146 Å². The maximum Gasteiger partial charge on any atom is 0.337 e. The molecule has 0 atom stereocenters. The average molecular weight is 336 g/mol. The van der Waals surface area contributed by atoms with E-state index in [0.29, 0.717) is 5.56 Å². The molecule has 3 aromatic rings. The Balaban J connectivity index is 1.83. The Bertz CT molecular complexity index is 957. The van der Waals surface area contributed by atoms with Gasteiger partial charge in [0.15, 0.2) is 0 Å². The predicted molar refractivity (Wildman–Crippen MR) is 97.8 cm³/mol. The van der Waals surface area contributed by atoms with Crippen molar-refractivity contribution in [3.05, 3.63) is 65.4 Å². The van der Waals surface area contributed by atoms with Crippen LogP contribution >= 0.6 is 0 Å². The Morgan fingerprint density at radius 1 is 1.08 bits per heavy atom. The number of fused-ring (bicyclic) bond motifs is 1. The molecular weight excluding hydrogens is 316 g/mol. The number of carbonyl (C=O) groups excluding carboxylic acids is 2. The van der Waals surface area contributed by atoms with E-state index < -0.39 is 5.97 Å². The summed E-state index contributed by atoms with van der Waals surface area (Å²) in [5.41, 5.74) is 4.21. The van der Waals surface area contributed by atoms with Crippen LogP contribution in [0.3, 0.4) is 0 Å². The summed E-state index contributed by atoms with van der Waals surface area (Å²) >= 11 is 0.